The summed E-state index contributed by atoms with van der Waals surface area (Å²) < 4.78 is 57.3. The maximum atomic E-state index is 13.9. The van der Waals surface area contributed by atoms with Gasteiger partial charge in [0.1, 0.15) is 11.8 Å². The van der Waals surface area contributed by atoms with Gasteiger partial charge < -0.3 is 24.6 Å². The molecule has 1 aromatic heterocycles. The third-order valence-electron chi connectivity index (χ3n) is 6.80. The van der Waals surface area contributed by atoms with Gasteiger partial charge in [0.25, 0.3) is 0 Å². The van der Waals surface area contributed by atoms with Gasteiger partial charge in [0, 0.05) is 12.1 Å². The van der Waals surface area contributed by atoms with Crippen LogP contribution >= 0.6 is 0 Å². The Kier molecular flexibility index (Phi) is 8.55. The largest absolute Gasteiger partial charge is 0.493 e. The van der Waals surface area contributed by atoms with Crippen molar-refractivity contribution in [1.82, 2.24) is 15.0 Å². The molecular formula is C25H32F3N5O4. The van der Waals surface area contributed by atoms with Gasteiger partial charge in [-0.25, -0.2) is 4.79 Å². The topological polar surface area (TPSA) is 116 Å². The van der Waals surface area contributed by atoms with Crippen LogP contribution in [0.15, 0.2) is 27.7 Å². The van der Waals surface area contributed by atoms with Crippen molar-refractivity contribution in [3.05, 3.63) is 29.7 Å². The SMILES string of the molecule is CCOC(=O)/N=C(/N)N1CCC[C@H]1c1nc(-c2ccc(OCCC3CCCCC3)c(C(F)(F)F)c2)no1. The average molecular weight is 524 g/mol. The molecule has 0 spiro atoms. The second-order valence-corrected chi connectivity index (χ2v) is 9.33. The Morgan fingerprint density at radius 2 is 2.00 bits per heavy atom. The summed E-state index contributed by atoms with van der Waals surface area (Å²) in [4.78, 5) is 21.4. The number of nitrogens with two attached hydrogens (primary N) is 1. The second kappa shape index (κ2) is 11.8. The van der Waals surface area contributed by atoms with Crippen LogP contribution in [-0.4, -0.2) is 46.9 Å². The fraction of sp³-hybridized carbons (Fsp3) is 0.600. The van der Waals surface area contributed by atoms with Crippen LogP contribution in [-0.2, 0) is 10.9 Å². The monoisotopic (exact) mass is 523 g/mol. The zero-order valence-corrected chi connectivity index (χ0v) is 20.8. The number of likely N-dealkylation sites (tertiary alicyclic amines) is 1. The van der Waals surface area contributed by atoms with E-state index in [0.717, 1.165) is 31.7 Å². The zero-order chi connectivity index (χ0) is 26.4. The van der Waals surface area contributed by atoms with Crippen LogP contribution in [0, 0.1) is 5.92 Å². The number of aliphatic imine (C=N–C) groups is 1. The van der Waals surface area contributed by atoms with E-state index in [1.165, 1.54) is 31.4 Å². The first-order chi connectivity index (χ1) is 17.8. The molecule has 37 heavy (non-hydrogen) atoms. The molecule has 1 saturated heterocycles. The molecule has 1 amide bonds. The smallest absolute Gasteiger partial charge is 0.436 e. The second-order valence-electron chi connectivity index (χ2n) is 9.33. The number of hydrogen-bond donors (Lipinski definition) is 1. The van der Waals surface area contributed by atoms with Gasteiger partial charge >= 0.3 is 12.3 Å². The van der Waals surface area contributed by atoms with Gasteiger partial charge in [0.2, 0.25) is 17.7 Å². The first kappa shape index (κ1) is 26.7. The lowest BCUT2D eigenvalue weighted by atomic mass is 9.87. The van der Waals surface area contributed by atoms with Gasteiger partial charge in [-0.05, 0) is 50.3 Å². The van der Waals surface area contributed by atoms with Crippen LogP contribution in [0.3, 0.4) is 0 Å². The molecule has 0 radical (unpaired) electrons. The molecule has 2 aliphatic rings. The van der Waals surface area contributed by atoms with Gasteiger partial charge in [-0.15, -0.1) is 4.99 Å². The van der Waals surface area contributed by atoms with Crippen molar-refractivity contribution in [1.29, 1.82) is 0 Å². The normalized spacial score (nSPS) is 19.3. The van der Waals surface area contributed by atoms with E-state index in [9.17, 15) is 18.0 Å². The number of alkyl halides is 3. The molecule has 4 rings (SSSR count). The molecule has 1 aromatic carbocycles. The lowest BCUT2D eigenvalue weighted by molar-refractivity contribution is -0.138. The van der Waals surface area contributed by atoms with E-state index in [1.807, 2.05) is 0 Å². The highest BCUT2D eigenvalue weighted by atomic mass is 19.4. The third-order valence-corrected chi connectivity index (χ3v) is 6.80. The summed E-state index contributed by atoms with van der Waals surface area (Å²) in [6.07, 6.45) is 2.43. The Labute approximate surface area is 213 Å². The summed E-state index contributed by atoms with van der Waals surface area (Å²) in [5.41, 5.74) is 5.25. The predicted molar refractivity (Wildman–Crippen MR) is 129 cm³/mol. The number of ether oxygens (including phenoxy) is 2. The van der Waals surface area contributed by atoms with Crippen LogP contribution in [0.25, 0.3) is 11.4 Å². The Morgan fingerprint density at radius 3 is 2.73 bits per heavy atom. The molecule has 2 heterocycles. The van der Waals surface area contributed by atoms with E-state index in [4.69, 9.17) is 19.7 Å². The fourth-order valence-corrected chi connectivity index (χ4v) is 4.93. The summed E-state index contributed by atoms with van der Waals surface area (Å²) in [5, 5.41) is 3.90. The molecule has 2 N–H and O–H groups in total. The van der Waals surface area contributed by atoms with E-state index >= 15 is 0 Å². The first-order valence-corrected chi connectivity index (χ1v) is 12.7. The molecule has 2 aromatic rings. The number of aromatic nitrogens is 2. The number of nitrogens with zero attached hydrogens (tertiary/aromatic N) is 4. The predicted octanol–water partition coefficient (Wildman–Crippen LogP) is 5.71. The molecular weight excluding hydrogens is 491 g/mol. The van der Waals surface area contributed by atoms with Crippen LogP contribution in [0.5, 0.6) is 5.75 Å². The maximum Gasteiger partial charge on any atom is 0.436 e. The van der Waals surface area contributed by atoms with E-state index in [0.29, 0.717) is 18.9 Å². The van der Waals surface area contributed by atoms with Crippen molar-refractivity contribution in [3.63, 3.8) is 0 Å². The van der Waals surface area contributed by atoms with Gasteiger partial charge in [-0.2, -0.15) is 18.2 Å². The molecule has 9 nitrogen and oxygen atoms in total. The quantitative estimate of drug-likeness (QED) is 0.362. The summed E-state index contributed by atoms with van der Waals surface area (Å²) >= 11 is 0. The van der Waals surface area contributed by atoms with Crippen molar-refractivity contribution in [2.24, 2.45) is 16.6 Å². The van der Waals surface area contributed by atoms with Crippen LogP contribution in [0.1, 0.15) is 75.8 Å². The number of benzene rings is 1. The molecule has 1 atom stereocenters. The highest BCUT2D eigenvalue weighted by molar-refractivity contribution is 5.89. The average Bonchev–Trinajstić information content (AvgIpc) is 3.54. The molecule has 0 unspecified atom stereocenters. The van der Waals surface area contributed by atoms with E-state index in [2.05, 4.69) is 15.1 Å². The van der Waals surface area contributed by atoms with Gasteiger partial charge in [-0.3, -0.25) is 0 Å². The van der Waals surface area contributed by atoms with Crippen molar-refractivity contribution < 1.29 is 32.0 Å². The Morgan fingerprint density at radius 1 is 1.22 bits per heavy atom. The van der Waals surface area contributed by atoms with Gasteiger partial charge in [0.15, 0.2) is 0 Å². The van der Waals surface area contributed by atoms with E-state index < -0.39 is 23.9 Å². The summed E-state index contributed by atoms with van der Waals surface area (Å²) in [5.74, 6) is 0.444. The molecule has 1 saturated carbocycles. The maximum absolute atomic E-state index is 13.9. The number of hydrogen-bond acceptors (Lipinski definition) is 6. The van der Waals surface area contributed by atoms with Crippen molar-refractivity contribution in [2.45, 2.75) is 70.5 Å². The summed E-state index contributed by atoms with van der Waals surface area (Å²) in [6, 6.07) is 3.32. The highest BCUT2D eigenvalue weighted by Crippen LogP contribution is 2.39. The molecule has 0 bridgehead atoms. The third kappa shape index (κ3) is 6.72. The van der Waals surface area contributed by atoms with Gasteiger partial charge in [0.05, 0.1) is 18.8 Å². The Bertz CT molecular complexity index is 1100. The number of guanidine groups is 1. The van der Waals surface area contributed by atoms with Gasteiger partial charge in [-0.1, -0.05) is 37.3 Å². The summed E-state index contributed by atoms with van der Waals surface area (Å²) in [7, 11) is 0. The Hall–Kier alpha value is -3.31. The minimum atomic E-state index is -4.61. The molecule has 1 aliphatic heterocycles. The summed E-state index contributed by atoms with van der Waals surface area (Å²) in [6.45, 7) is 2.56. The number of halogens is 3. The number of amides is 1. The Balaban J connectivity index is 1.49. The number of carbonyl (C=O) groups is 1. The first-order valence-electron chi connectivity index (χ1n) is 12.7. The molecule has 2 fully saturated rings. The van der Waals surface area contributed by atoms with Crippen molar-refractivity contribution in [3.8, 4) is 17.1 Å². The zero-order valence-electron chi connectivity index (χ0n) is 20.8. The number of carbonyl (C=O) groups excluding carboxylic acids is 1. The van der Waals surface area contributed by atoms with Crippen molar-refractivity contribution >= 4 is 12.1 Å². The molecule has 12 heteroatoms. The van der Waals surface area contributed by atoms with Crippen molar-refractivity contribution in [2.75, 3.05) is 19.8 Å². The van der Waals surface area contributed by atoms with Crippen LogP contribution in [0.4, 0.5) is 18.0 Å². The van der Waals surface area contributed by atoms with Crippen LogP contribution < -0.4 is 10.5 Å². The molecule has 202 valence electrons. The fourth-order valence-electron chi connectivity index (χ4n) is 4.93. The number of rotatable bonds is 7. The minimum Gasteiger partial charge on any atom is -0.493 e. The lowest BCUT2D eigenvalue weighted by Gasteiger charge is -2.22. The lowest BCUT2D eigenvalue weighted by Crippen LogP contribution is -2.37. The van der Waals surface area contributed by atoms with Crippen LogP contribution in [0.2, 0.25) is 0 Å². The minimum absolute atomic E-state index is 0.0157. The molecule has 1 aliphatic carbocycles. The van der Waals surface area contributed by atoms with E-state index in [1.54, 1.807) is 11.8 Å². The highest BCUT2D eigenvalue weighted by Gasteiger charge is 2.36. The standard InChI is InChI=1S/C25H32F3N5O4/c1-2-35-24(34)31-23(29)33-13-6-9-19(33)22-30-21(32-37-22)17-10-11-20(18(15-17)25(26,27)28)36-14-12-16-7-4-3-5-8-16/h10-11,15-16,19H,2-9,12-14H2,1H3,(H2,29,31,34)/t19-/m0/s1. The van der Waals surface area contributed by atoms with E-state index in [-0.39, 0.29) is 42.2 Å².